The second kappa shape index (κ2) is 4.93. The number of nitrogens with zero attached hydrogens (tertiary/aromatic N) is 2. The summed E-state index contributed by atoms with van der Waals surface area (Å²) in [4.78, 5) is 6.19. The molecule has 4 nitrogen and oxygen atoms in total. The molecule has 0 spiro atoms. The number of nitrogens with two attached hydrogens (primary N) is 1. The molecule has 78 valence electrons. The highest BCUT2D eigenvalue weighted by Crippen LogP contribution is 2.16. The molecule has 3 N–H and O–H groups in total. The van der Waals surface area contributed by atoms with E-state index in [-0.39, 0.29) is 12.6 Å². The molecule has 0 radical (unpaired) electrons. The van der Waals surface area contributed by atoms with E-state index in [1.165, 1.54) is 0 Å². The van der Waals surface area contributed by atoms with Crippen LogP contribution in [0, 0.1) is 0 Å². The third-order valence-electron chi connectivity index (χ3n) is 2.35. The van der Waals surface area contributed by atoms with E-state index in [1.807, 2.05) is 31.0 Å². The summed E-state index contributed by atoms with van der Waals surface area (Å²) in [6, 6.07) is 3.86. The zero-order valence-electron chi connectivity index (χ0n) is 8.64. The van der Waals surface area contributed by atoms with Gasteiger partial charge in [0.25, 0.3) is 0 Å². The van der Waals surface area contributed by atoms with Crippen LogP contribution in [0.4, 0.5) is 5.82 Å². The first-order valence-electron chi connectivity index (χ1n) is 4.68. The molecule has 1 heterocycles. The summed E-state index contributed by atoms with van der Waals surface area (Å²) < 4.78 is 0. The summed E-state index contributed by atoms with van der Waals surface area (Å²) in [5.41, 5.74) is 6.60. The van der Waals surface area contributed by atoms with Crippen molar-refractivity contribution in [3.8, 4) is 0 Å². The molecular weight excluding hydrogens is 178 g/mol. The zero-order chi connectivity index (χ0) is 10.6. The Morgan fingerprint density at radius 3 is 2.93 bits per heavy atom. The lowest BCUT2D eigenvalue weighted by Gasteiger charge is -2.25. The predicted octanol–water partition coefficient (Wildman–Crippen LogP) is 0.357. The molecule has 0 saturated carbocycles. The lowest BCUT2D eigenvalue weighted by molar-refractivity contribution is 0.269. The fourth-order valence-electron chi connectivity index (χ4n) is 1.24. The van der Waals surface area contributed by atoms with Gasteiger partial charge in [0.15, 0.2) is 0 Å². The molecule has 1 rings (SSSR count). The zero-order valence-corrected chi connectivity index (χ0v) is 8.64. The van der Waals surface area contributed by atoms with Gasteiger partial charge in [-0.25, -0.2) is 4.98 Å². The van der Waals surface area contributed by atoms with Crippen LogP contribution in [-0.2, 0) is 6.54 Å². The van der Waals surface area contributed by atoms with Crippen LogP contribution in [0.3, 0.4) is 0 Å². The van der Waals surface area contributed by atoms with Crippen LogP contribution in [-0.4, -0.2) is 29.8 Å². The topological polar surface area (TPSA) is 62.4 Å². The normalized spacial score (nSPS) is 12.6. The van der Waals surface area contributed by atoms with Gasteiger partial charge in [0.05, 0.1) is 12.6 Å². The lowest BCUT2D eigenvalue weighted by Crippen LogP contribution is -2.33. The Morgan fingerprint density at radius 2 is 2.36 bits per heavy atom. The maximum absolute atomic E-state index is 9.03. The molecule has 4 heteroatoms. The summed E-state index contributed by atoms with van der Waals surface area (Å²) in [7, 11) is 1.91. The van der Waals surface area contributed by atoms with Crippen LogP contribution in [0.2, 0.25) is 0 Å². The van der Waals surface area contributed by atoms with Gasteiger partial charge in [-0.2, -0.15) is 0 Å². The molecular formula is C10H17N3O. The highest BCUT2D eigenvalue weighted by atomic mass is 16.3. The fourth-order valence-corrected chi connectivity index (χ4v) is 1.24. The molecule has 0 amide bonds. The molecule has 0 aliphatic heterocycles. The summed E-state index contributed by atoms with van der Waals surface area (Å²) in [5, 5.41) is 9.03. The number of aliphatic hydroxyl groups is 1. The third kappa shape index (κ3) is 2.21. The van der Waals surface area contributed by atoms with Crippen LogP contribution in [0.5, 0.6) is 0 Å². The Balaban J connectivity index is 2.93. The van der Waals surface area contributed by atoms with Crippen LogP contribution in [0.1, 0.15) is 12.5 Å². The Morgan fingerprint density at radius 1 is 1.64 bits per heavy atom. The van der Waals surface area contributed by atoms with Crippen molar-refractivity contribution in [3.05, 3.63) is 23.9 Å². The number of hydrogen-bond donors (Lipinski definition) is 2. The van der Waals surface area contributed by atoms with Crippen LogP contribution >= 0.6 is 0 Å². The number of hydrogen-bond acceptors (Lipinski definition) is 4. The minimum atomic E-state index is 0.0511. The van der Waals surface area contributed by atoms with Crippen LogP contribution in [0.25, 0.3) is 0 Å². The second-order valence-corrected chi connectivity index (χ2v) is 3.33. The van der Waals surface area contributed by atoms with E-state index < -0.39 is 0 Å². The molecule has 1 unspecified atom stereocenters. The minimum absolute atomic E-state index is 0.0511. The molecule has 0 aromatic carbocycles. The standard InChI is InChI=1S/C10H17N3O/c1-8(7-14)13(2)10-9(6-11)4-3-5-12-10/h3-5,8,14H,6-7,11H2,1-2H3. The van der Waals surface area contributed by atoms with E-state index in [0.29, 0.717) is 6.54 Å². The van der Waals surface area contributed by atoms with Gasteiger partial charge in [-0.15, -0.1) is 0 Å². The first kappa shape index (κ1) is 10.9. The largest absolute Gasteiger partial charge is 0.394 e. The van der Waals surface area contributed by atoms with Gasteiger partial charge >= 0.3 is 0 Å². The van der Waals surface area contributed by atoms with Crippen molar-refractivity contribution in [2.24, 2.45) is 5.73 Å². The smallest absolute Gasteiger partial charge is 0.133 e. The number of likely N-dealkylation sites (N-methyl/N-ethyl adjacent to an activating group) is 1. The van der Waals surface area contributed by atoms with Crippen molar-refractivity contribution < 1.29 is 5.11 Å². The van der Waals surface area contributed by atoms with Crippen LogP contribution in [0.15, 0.2) is 18.3 Å². The summed E-state index contributed by atoms with van der Waals surface area (Å²) in [6.07, 6.45) is 1.73. The monoisotopic (exact) mass is 195 g/mol. The first-order valence-corrected chi connectivity index (χ1v) is 4.68. The number of aliphatic hydroxyl groups excluding tert-OH is 1. The van der Waals surface area contributed by atoms with Crippen LogP contribution < -0.4 is 10.6 Å². The molecule has 0 aliphatic carbocycles. The van der Waals surface area contributed by atoms with E-state index in [1.54, 1.807) is 6.20 Å². The molecule has 14 heavy (non-hydrogen) atoms. The number of aromatic nitrogens is 1. The maximum atomic E-state index is 9.03. The van der Waals surface area contributed by atoms with E-state index >= 15 is 0 Å². The number of rotatable bonds is 4. The molecule has 1 atom stereocenters. The first-order chi connectivity index (χ1) is 6.70. The summed E-state index contributed by atoms with van der Waals surface area (Å²) in [6.45, 7) is 2.51. The number of anilines is 1. The Bertz CT molecular complexity index is 290. The fraction of sp³-hybridized carbons (Fsp3) is 0.500. The molecule has 0 bridgehead atoms. The molecule has 1 aromatic rings. The van der Waals surface area contributed by atoms with Gasteiger partial charge in [-0.05, 0) is 13.0 Å². The van der Waals surface area contributed by atoms with Crippen molar-refractivity contribution in [2.75, 3.05) is 18.6 Å². The van der Waals surface area contributed by atoms with Gasteiger partial charge in [0.2, 0.25) is 0 Å². The summed E-state index contributed by atoms with van der Waals surface area (Å²) >= 11 is 0. The van der Waals surface area contributed by atoms with Gasteiger partial charge in [-0.1, -0.05) is 6.07 Å². The minimum Gasteiger partial charge on any atom is -0.394 e. The Kier molecular flexibility index (Phi) is 3.85. The SMILES string of the molecule is CC(CO)N(C)c1ncccc1CN. The van der Waals surface area contributed by atoms with E-state index in [0.717, 1.165) is 11.4 Å². The maximum Gasteiger partial charge on any atom is 0.133 e. The highest BCUT2D eigenvalue weighted by Gasteiger charge is 2.12. The molecule has 0 saturated heterocycles. The molecule has 0 aliphatic rings. The Hall–Kier alpha value is -1.13. The van der Waals surface area contributed by atoms with Crippen molar-refractivity contribution in [1.82, 2.24) is 4.98 Å². The van der Waals surface area contributed by atoms with Gasteiger partial charge in [0.1, 0.15) is 5.82 Å². The van der Waals surface area contributed by atoms with Crippen molar-refractivity contribution in [3.63, 3.8) is 0 Å². The highest BCUT2D eigenvalue weighted by molar-refractivity contribution is 5.46. The van der Waals surface area contributed by atoms with Gasteiger partial charge in [0, 0.05) is 25.4 Å². The third-order valence-corrected chi connectivity index (χ3v) is 2.35. The van der Waals surface area contributed by atoms with Gasteiger partial charge < -0.3 is 15.7 Å². The molecule has 1 aromatic heterocycles. The molecule has 0 fully saturated rings. The lowest BCUT2D eigenvalue weighted by atomic mass is 10.2. The Labute approximate surface area is 84.4 Å². The predicted molar refractivity (Wildman–Crippen MR) is 57.1 cm³/mol. The number of pyridine rings is 1. The summed E-state index contributed by atoms with van der Waals surface area (Å²) in [5.74, 6) is 0.844. The van der Waals surface area contributed by atoms with Gasteiger partial charge in [-0.3, -0.25) is 0 Å². The second-order valence-electron chi connectivity index (χ2n) is 3.33. The van der Waals surface area contributed by atoms with E-state index in [9.17, 15) is 0 Å². The van der Waals surface area contributed by atoms with Crippen molar-refractivity contribution >= 4 is 5.82 Å². The van der Waals surface area contributed by atoms with E-state index in [4.69, 9.17) is 10.8 Å². The average molecular weight is 195 g/mol. The quantitative estimate of drug-likeness (QED) is 0.728. The van der Waals surface area contributed by atoms with Crippen molar-refractivity contribution in [1.29, 1.82) is 0 Å². The average Bonchev–Trinajstić information content (AvgIpc) is 2.26. The van der Waals surface area contributed by atoms with E-state index in [2.05, 4.69) is 4.98 Å². The van der Waals surface area contributed by atoms with Crippen molar-refractivity contribution in [2.45, 2.75) is 19.5 Å².